The van der Waals surface area contributed by atoms with E-state index >= 15 is 0 Å². The van der Waals surface area contributed by atoms with Gasteiger partial charge in [0.1, 0.15) is 17.0 Å². The number of carbonyl (C=O) groups excluding carboxylic acids is 5. The normalized spacial score (nSPS) is 19.7. The van der Waals surface area contributed by atoms with Gasteiger partial charge >= 0.3 is 0 Å². The van der Waals surface area contributed by atoms with Gasteiger partial charge in [-0.1, -0.05) is 25.1 Å². The van der Waals surface area contributed by atoms with Crippen LogP contribution in [0, 0.1) is 0 Å². The molecule has 9 rings (SSSR count). The summed E-state index contributed by atoms with van der Waals surface area (Å²) in [5.41, 5.74) is 3.27. The first-order valence-corrected chi connectivity index (χ1v) is 21.3. The van der Waals surface area contributed by atoms with E-state index in [4.69, 9.17) is 9.97 Å². The van der Waals surface area contributed by atoms with Gasteiger partial charge in [-0.2, -0.15) is 4.98 Å². The van der Waals surface area contributed by atoms with Crippen LogP contribution in [-0.2, 0) is 33.0 Å². The number of nitrogens with one attached hydrogen (secondary N) is 3. The van der Waals surface area contributed by atoms with Gasteiger partial charge < -0.3 is 25.5 Å². The number of piperazine rings is 1. The summed E-state index contributed by atoms with van der Waals surface area (Å²) in [7, 11) is 0. The zero-order valence-corrected chi connectivity index (χ0v) is 34.8. The molecule has 1 aliphatic carbocycles. The van der Waals surface area contributed by atoms with Crippen molar-refractivity contribution >= 4 is 63.6 Å². The minimum atomic E-state index is -1.04. The number of benzene rings is 2. The number of pyridine rings is 1. The van der Waals surface area contributed by atoms with Crippen LogP contribution >= 0.6 is 0 Å². The molecule has 5 amide bonds. The lowest BCUT2D eigenvalue weighted by Crippen LogP contribution is -2.54. The number of allylic oxidation sites excluding steroid dienone is 1. The van der Waals surface area contributed by atoms with Crippen molar-refractivity contribution in [3.63, 3.8) is 0 Å². The molecule has 0 saturated carbocycles. The molecule has 4 aliphatic rings. The number of aliphatic hydroxyl groups is 1. The predicted molar refractivity (Wildman–Crippen MR) is 233 cm³/mol. The highest BCUT2D eigenvalue weighted by molar-refractivity contribution is 6.25. The number of hydrogen-bond donors (Lipinski definition) is 4. The van der Waals surface area contributed by atoms with Crippen molar-refractivity contribution in [2.45, 2.75) is 70.1 Å². The summed E-state index contributed by atoms with van der Waals surface area (Å²) in [6.07, 6.45) is 5.92. The standard InChI is InChI=1S/C45H47N11O7/c1-3-21-54-41(60)31-26-47-44(51-39(31)56(54)34-16-10-27-18-19-45(63,4-2)38(27)49-34)48-28-11-13-29(14-12-28)52-22-24-53(25-23-52)36(58)9-6-20-46-32-8-5-7-30-37(32)43(62)55(42(30)61)33-15-17-35(57)50-40(33)59/h3,5,7-8,10-14,16,26,33,46,63H,1,4,6,9,15,17-25H2,2H3,(H,47,48,51)(H,50,57,59)/t33?,45-/m1/s1. The summed E-state index contributed by atoms with van der Waals surface area (Å²) < 4.78 is 3.17. The molecule has 0 radical (unpaired) electrons. The maximum atomic E-state index is 13.5. The molecule has 2 saturated heterocycles. The molecule has 18 heteroatoms. The second-order valence-electron chi connectivity index (χ2n) is 16.2. The summed E-state index contributed by atoms with van der Waals surface area (Å²) in [6.45, 7) is 8.80. The van der Waals surface area contributed by atoms with Crippen molar-refractivity contribution in [2.75, 3.05) is 48.3 Å². The highest BCUT2D eigenvalue weighted by atomic mass is 16.3. The van der Waals surface area contributed by atoms with Crippen LogP contribution in [0.15, 0.2) is 78.2 Å². The van der Waals surface area contributed by atoms with E-state index in [1.807, 2.05) is 48.2 Å². The SMILES string of the molecule is C=CCn1c(=O)c2cnc(Nc3ccc(N4CCN(C(=O)CCCNc5cccc6c5C(=O)N(C5CCC(=O)NC5=O)C6=O)CC4)cc3)nc2n1-c1ccc2c(n1)[C@@](O)(CC)CC2. The zero-order chi connectivity index (χ0) is 44.0. The van der Waals surface area contributed by atoms with Gasteiger partial charge in [0.2, 0.25) is 23.7 Å². The Labute approximate surface area is 361 Å². The molecular formula is C45H47N11O7. The fraction of sp³-hybridized carbons (Fsp3) is 0.356. The topological polar surface area (TPSA) is 217 Å². The number of imide groups is 2. The maximum Gasteiger partial charge on any atom is 0.278 e. The number of nitrogens with zero attached hydrogens (tertiary/aromatic N) is 8. The molecule has 2 aromatic carbocycles. The number of piperidine rings is 1. The van der Waals surface area contributed by atoms with Crippen molar-refractivity contribution in [3.8, 4) is 5.82 Å². The lowest BCUT2D eigenvalue weighted by Gasteiger charge is -2.36. The van der Waals surface area contributed by atoms with Crippen molar-refractivity contribution in [1.82, 2.24) is 39.4 Å². The Morgan fingerprint density at radius 1 is 0.984 bits per heavy atom. The number of carbonyl (C=O) groups is 5. The summed E-state index contributed by atoms with van der Waals surface area (Å²) in [5.74, 6) is -1.46. The van der Waals surface area contributed by atoms with E-state index in [1.165, 1.54) is 10.9 Å². The number of anilines is 4. The lowest BCUT2D eigenvalue weighted by molar-refractivity contribution is -0.136. The number of aromatic nitrogens is 5. The molecule has 0 spiro atoms. The average Bonchev–Trinajstić information content (AvgIpc) is 3.87. The molecule has 4 N–H and O–H groups in total. The highest BCUT2D eigenvalue weighted by Crippen LogP contribution is 2.39. The summed E-state index contributed by atoms with van der Waals surface area (Å²) in [5, 5.41) is 20.3. The molecular weight excluding hydrogens is 807 g/mol. The fourth-order valence-electron chi connectivity index (χ4n) is 8.99. The molecule has 324 valence electrons. The molecule has 18 nitrogen and oxygen atoms in total. The molecule has 5 aromatic rings. The third kappa shape index (κ3) is 7.49. The Morgan fingerprint density at radius 3 is 2.52 bits per heavy atom. The van der Waals surface area contributed by atoms with Gasteiger partial charge in [-0.15, -0.1) is 6.58 Å². The number of aryl methyl sites for hydroxylation is 1. The minimum Gasteiger partial charge on any atom is -0.384 e. The van der Waals surface area contributed by atoms with Gasteiger partial charge in [0, 0.05) is 68.8 Å². The zero-order valence-electron chi connectivity index (χ0n) is 34.8. The van der Waals surface area contributed by atoms with E-state index in [0.717, 1.165) is 28.3 Å². The second-order valence-corrected chi connectivity index (χ2v) is 16.2. The van der Waals surface area contributed by atoms with E-state index in [1.54, 1.807) is 29.0 Å². The number of rotatable bonds is 13. The summed E-state index contributed by atoms with van der Waals surface area (Å²) >= 11 is 0. The highest BCUT2D eigenvalue weighted by Gasteiger charge is 2.45. The summed E-state index contributed by atoms with van der Waals surface area (Å²) in [4.78, 5) is 96.5. The molecule has 0 bridgehead atoms. The molecule has 6 heterocycles. The van der Waals surface area contributed by atoms with Crippen LogP contribution in [0.3, 0.4) is 0 Å². The molecule has 2 atom stereocenters. The van der Waals surface area contributed by atoms with E-state index < -0.39 is 35.3 Å². The van der Waals surface area contributed by atoms with Gasteiger partial charge in [-0.25, -0.2) is 19.3 Å². The van der Waals surface area contributed by atoms with Crippen molar-refractivity contribution in [3.05, 3.63) is 106 Å². The van der Waals surface area contributed by atoms with Crippen LogP contribution < -0.4 is 26.4 Å². The van der Waals surface area contributed by atoms with Crippen molar-refractivity contribution in [1.29, 1.82) is 0 Å². The van der Waals surface area contributed by atoms with Gasteiger partial charge in [-0.3, -0.25) is 39.0 Å². The van der Waals surface area contributed by atoms with Crippen LogP contribution in [0.1, 0.15) is 77.4 Å². The quantitative estimate of drug-likeness (QED) is 0.0760. The smallest absolute Gasteiger partial charge is 0.278 e. The van der Waals surface area contributed by atoms with Crippen LogP contribution in [0.5, 0.6) is 0 Å². The first kappa shape index (κ1) is 41.2. The molecule has 63 heavy (non-hydrogen) atoms. The van der Waals surface area contributed by atoms with Gasteiger partial charge in [0.05, 0.1) is 23.4 Å². The van der Waals surface area contributed by atoms with E-state index in [9.17, 15) is 33.9 Å². The van der Waals surface area contributed by atoms with Crippen LogP contribution in [-0.4, -0.2) is 108 Å². The van der Waals surface area contributed by atoms with Crippen LogP contribution in [0.25, 0.3) is 16.9 Å². The largest absolute Gasteiger partial charge is 0.384 e. The molecule has 3 aliphatic heterocycles. The monoisotopic (exact) mass is 853 g/mol. The molecule has 1 unspecified atom stereocenters. The Bertz CT molecular complexity index is 2760. The van der Waals surface area contributed by atoms with E-state index in [-0.39, 0.29) is 42.0 Å². The average molecular weight is 854 g/mol. The lowest BCUT2D eigenvalue weighted by atomic mass is 9.98. The Balaban J connectivity index is 0.791. The van der Waals surface area contributed by atoms with Gasteiger partial charge in [-0.05, 0) is 80.1 Å². The maximum absolute atomic E-state index is 13.5. The first-order chi connectivity index (χ1) is 30.5. The number of fused-ring (bicyclic) bond motifs is 3. The van der Waals surface area contributed by atoms with Crippen molar-refractivity contribution in [2.24, 2.45) is 0 Å². The van der Waals surface area contributed by atoms with Crippen molar-refractivity contribution < 1.29 is 29.1 Å². The van der Waals surface area contributed by atoms with Gasteiger partial charge in [0.15, 0.2) is 11.5 Å². The fourth-order valence-corrected chi connectivity index (χ4v) is 8.99. The predicted octanol–water partition coefficient (Wildman–Crippen LogP) is 3.39. The Hall–Kier alpha value is -7.21. The Kier molecular flexibility index (Phi) is 10.8. The van der Waals surface area contributed by atoms with Gasteiger partial charge in [0.25, 0.3) is 17.4 Å². The number of hydrogen-bond acceptors (Lipinski definition) is 13. The third-order valence-corrected chi connectivity index (χ3v) is 12.5. The first-order valence-electron chi connectivity index (χ1n) is 21.3. The molecule has 2 fully saturated rings. The molecule has 3 aromatic heterocycles. The summed E-state index contributed by atoms with van der Waals surface area (Å²) in [6, 6.07) is 15.5. The minimum absolute atomic E-state index is 0.0289. The third-order valence-electron chi connectivity index (χ3n) is 12.5. The van der Waals surface area contributed by atoms with E-state index in [2.05, 4.69) is 32.4 Å². The van der Waals surface area contributed by atoms with Crippen LogP contribution in [0.4, 0.5) is 23.0 Å². The number of amides is 5. The second kappa shape index (κ2) is 16.6. The van der Waals surface area contributed by atoms with E-state index in [0.29, 0.717) is 92.6 Å². The Morgan fingerprint density at radius 2 is 1.78 bits per heavy atom. The van der Waals surface area contributed by atoms with Crippen LogP contribution in [0.2, 0.25) is 0 Å².